The van der Waals surface area contributed by atoms with Crippen LogP contribution in [0.15, 0.2) is 41.3 Å². The van der Waals surface area contributed by atoms with E-state index in [1.54, 1.807) is 42.9 Å². The molecule has 0 saturated carbocycles. The van der Waals surface area contributed by atoms with Gasteiger partial charge in [-0.25, -0.2) is 4.79 Å². The van der Waals surface area contributed by atoms with Crippen LogP contribution in [-0.2, 0) is 36.1 Å². The molecule has 2 N–H and O–H groups in total. The van der Waals surface area contributed by atoms with Crippen LogP contribution in [0, 0.1) is 0 Å². The number of pyridine rings is 1. The van der Waals surface area contributed by atoms with Crippen LogP contribution in [0.1, 0.15) is 63.1 Å². The zero-order valence-electron chi connectivity index (χ0n) is 36.3. The molecule has 3 saturated heterocycles. The number of piperidine rings is 1. The van der Waals surface area contributed by atoms with Crippen LogP contribution in [-0.4, -0.2) is 158 Å². The molecule has 0 bridgehead atoms. The van der Waals surface area contributed by atoms with E-state index in [9.17, 15) is 28.8 Å². The maximum atomic E-state index is 13.4. The van der Waals surface area contributed by atoms with Gasteiger partial charge >= 0.3 is 6.03 Å². The number of aromatic nitrogens is 1. The lowest BCUT2D eigenvalue weighted by Crippen LogP contribution is -2.54. The van der Waals surface area contributed by atoms with E-state index < -0.39 is 29.7 Å². The molecule has 1 aromatic heterocycles. The average molecular weight is 852 g/mol. The number of likely N-dealkylation sites (tertiary alicyclic amines) is 1. The predicted molar refractivity (Wildman–Crippen MR) is 231 cm³/mol. The van der Waals surface area contributed by atoms with Crippen molar-refractivity contribution in [1.82, 2.24) is 39.7 Å². The molecule has 62 heavy (non-hydrogen) atoms. The molecule has 5 aliphatic heterocycles. The summed E-state index contributed by atoms with van der Waals surface area (Å²) in [6.07, 6.45) is 4.52. The van der Waals surface area contributed by atoms with Gasteiger partial charge in [0.1, 0.15) is 17.5 Å². The van der Waals surface area contributed by atoms with Crippen molar-refractivity contribution < 1.29 is 33.4 Å². The van der Waals surface area contributed by atoms with E-state index in [0.29, 0.717) is 54.7 Å². The lowest BCUT2D eigenvalue weighted by molar-refractivity contribution is -0.136. The molecule has 0 spiro atoms. The average Bonchev–Trinajstić information content (AvgIpc) is 3.84. The summed E-state index contributed by atoms with van der Waals surface area (Å²) in [5.74, 6) is -0.573. The molecule has 3 aromatic rings. The zero-order chi connectivity index (χ0) is 43.8. The predicted octanol–water partition coefficient (Wildman–Crippen LogP) is 1.89. The fourth-order valence-electron chi connectivity index (χ4n) is 9.76. The van der Waals surface area contributed by atoms with Crippen molar-refractivity contribution in [3.05, 3.63) is 74.7 Å². The first-order chi connectivity index (χ1) is 29.8. The number of carbonyl (C=O) groups is 5. The van der Waals surface area contributed by atoms with Gasteiger partial charge in [-0.15, -0.1) is 0 Å². The number of fused-ring (bicyclic) bond motifs is 2. The van der Waals surface area contributed by atoms with Crippen LogP contribution in [0.25, 0.3) is 11.1 Å². The second kappa shape index (κ2) is 17.9. The maximum Gasteiger partial charge on any atom is 0.317 e. The van der Waals surface area contributed by atoms with Crippen molar-refractivity contribution in [2.75, 3.05) is 92.1 Å². The first kappa shape index (κ1) is 42.9. The number of ether oxygens (including phenoxy) is 2. The summed E-state index contributed by atoms with van der Waals surface area (Å²) in [4.78, 5) is 89.5. The topological polar surface area (TPSA) is 169 Å². The summed E-state index contributed by atoms with van der Waals surface area (Å²) in [5, 5.41) is 5.35. The Morgan fingerprint density at radius 2 is 1.58 bits per heavy atom. The number of benzene rings is 2. The Balaban J connectivity index is 0.800. The van der Waals surface area contributed by atoms with Crippen LogP contribution >= 0.6 is 0 Å². The van der Waals surface area contributed by atoms with E-state index in [2.05, 4.69) is 30.2 Å². The monoisotopic (exact) mass is 851 g/mol. The minimum absolute atomic E-state index is 0.0845. The SMILES string of the molecule is COc1cc(-c2cn(C)c(=O)c3c2CCN(C(=O)NCCCN2CCC(N4CCN(c5ccc6c(c5)C(=O)N(C5CCC(=O)NC5=O)C6=O)CC4)C2)C3)cc(OC)c1CN(C)C. The zero-order valence-corrected chi connectivity index (χ0v) is 36.3. The van der Waals surface area contributed by atoms with Gasteiger partial charge in [0, 0.05) is 94.9 Å². The fourth-order valence-corrected chi connectivity index (χ4v) is 9.76. The third-order valence-electron chi connectivity index (χ3n) is 13.0. The van der Waals surface area contributed by atoms with Gasteiger partial charge in [-0.3, -0.25) is 39.1 Å². The maximum absolute atomic E-state index is 13.4. The first-order valence-corrected chi connectivity index (χ1v) is 21.6. The quantitative estimate of drug-likeness (QED) is 0.201. The van der Waals surface area contributed by atoms with Crippen molar-refractivity contribution in [3.8, 4) is 22.6 Å². The number of urea groups is 1. The lowest BCUT2D eigenvalue weighted by Gasteiger charge is -2.39. The number of amides is 6. The molecule has 5 aliphatic rings. The van der Waals surface area contributed by atoms with Gasteiger partial charge in [0.15, 0.2) is 0 Å². The summed E-state index contributed by atoms with van der Waals surface area (Å²) >= 11 is 0. The lowest BCUT2D eigenvalue weighted by atomic mass is 9.91. The van der Waals surface area contributed by atoms with Gasteiger partial charge < -0.3 is 39.0 Å². The number of imide groups is 2. The second-order valence-corrected chi connectivity index (χ2v) is 17.2. The summed E-state index contributed by atoms with van der Waals surface area (Å²) < 4.78 is 13.2. The number of methoxy groups -OCH3 is 2. The van der Waals surface area contributed by atoms with Crippen molar-refractivity contribution in [1.29, 1.82) is 0 Å². The third-order valence-corrected chi connectivity index (χ3v) is 13.0. The Morgan fingerprint density at radius 3 is 2.27 bits per heavy atom. The highest BCUT2D eigenvalue weighted by molar-refractivity contribution is 6.23. The standard InChI is InChI=1S/C45H57N9O8/c1-48(2)25-36-38(61-4)21-28(22-39(36)62-5)34-26-49(3)42(57)35-27-53(16-12-31(34)35)45(60)46-13-6-14-50-15-11-30(24-50)52-19-17-51(18-20-52)29-7-8-32-33(23-29)44(59)54(43(32)58)37-9-10-40(55)47-41(37)56/h7-8,21-23,26,30,37H,6,9-20,24-25,27H2,1-5H3,(H,46,60)(H,47,55,56). The highest BCUT2D eigenvalue weighted by atomic mass is 16.5. The molecule has 330 valence electrons. The Morgan fingerprint density at radius 1 is 0.855 bits per heavy atom. The fraction of sp³-hybridized carbons (Fsp3) is 0.511. The second-order valence-electron chi connectivity index (χ2n) is 17.2. The molecule has 17 nitrogen and oxygen atoms in total. The Hall–Kier alpha value is -5.78. The van der Waals surface area contributed by atoms with Crippen LogP contribution in [0.2, 0.25) is 0 Å². The van der Waals surface area contributed by atoms with Crippen molar-refractivity contribution in [3.63, 3.8) is 0 Å². The molecule has 17 heteroatoms. The normalized spacial score (nSPS) is 20.8. The van der Waals surface area contributed by atoms with E-state index in [0.717, 1.165) is 91.5 Å². The molecule has 3 fully saturated rings. The van der Waals surface area contributed by atoms with Crippen molar-refractivity contribution in [2.45, 2.75) is 57.3 Å². The minimum Gasteiger partial charge on any atom is -0.496 e. The highest BCUT2D eigenvalue weighted by Gasteiger charge is 2.45. The van der Waals surface area contributed by atoms with Gasteiger partial charge in [-0.2, -0.15) is 0 Å². The number of carbonyl (C=O) groups excluding carboxylic acids is 5. The molecule has 6 amide bonds. The molecule has 2 aromatic carbocycles. The molecule has 2 unspecified atom stereocenters. The Bertz CT molecular complexity index is 2310. The number of rotatable bonds is 12. The number of nitrogens with one attached hydrogen (secondary N) is 2. The van der Waals surface area contributed by atoms with Gasteiger partial charge in [0.2, 0.25) is 11.8 Å². The highest BCUT2D eigenvalue weighted by Crippen LogP contribution is 2.38. The van der Waals surface area contributed by atoms with Gasteiger partial charge in [-0.1, -0.05) is 0 Å². The van der Waals surface area contributed by atoms with Crippen molar-refractivity contribution >= 4 is 35.3 Å². The molecule has 2 atom stereocenters. The third kappa shape index (κ3) is 8.40. The Labute approximate surface area is 361 Å². The number of hydrogen-bond acceptors (Lipinski definition) is 12. The molecule has 0 aliphatic carbocycles. The minimum atomic E-state index is -0.983. The molecule has 6 heterocycles. The van der Waals surface area contributed by atoms with E-state index in [1.165, 1.54) is 0 Å². The van der Waals surface area contributed by atoms with Gasteiger partial charge in [0.05, 0.1) is 37.5 Å². The van der Waals surface area contributed by atoms with E-state index >= 15 is 0 Å². The smallest absolute Gasteiger partial charge is 0.317 e. The summed E-state index contributed by atoms with van der Waals surface area (Å²) in [6.45, 7) is 8.06. The number of anilines is 1. The number of nitrogens with zero attached hydrogens (tertiary/aromatic N) is 7. The van der Waals surface area contributed by atoms with Crippen molar-refractivity contribution in [2.24, 2.45) is 7.05 Å². The largest absolute Gasteiger partial charge is 0.496 e. The number of piperazine rings is 1. The van der Waals surface area contributed by atoms with E-state index in [1.807, 2.05) is 38.5 Å². The number of hydrogen-bond donors (Lipinski definition) is 2. The molecular weight excluding hydrogens is 795 g/mol. The number of aryl methyl sites for hydroxylation is 1. The van der Waals surface area contributed by atoms with E-state index in [-0.39, 0.29) is 36.5 Å². The van der Waals surface area contributed by atoms with Gasteiger partial charge in [0.25, 0.3) is 17.4 Å². The van der Waals surface area contributed by atoms with Crippen LogP contribution < -0.4 is 30.6 Å². The van der Waals surface area contributed by atoms with Gasteiger partial charge in [-0.05, 0) is 94.3 Å². The molecule has 0 radical (unpaired) electrons. The summed E-state index contributed by atoms with van der Waals surface area (Å²) in [5.41, 5.74) is 5.70. The summed E-state index contributed by atoms with van der Waals surface area (Å²) in [7, 11) is 9.03. The van der Waals surface area contributed by atoms with E-state index in [4.69, 9.17) is 9.47 Å². The summed E-state index contributed by atoms with van der Waals surface area (Å²) in [6, 6.07) is 8.59. The van der Waals surface area contributed by atoms with Crippen LogP contribution in [0.3, 0.4) is 0 Å². The van der Waals surface area contributed by atoms with Crippen LogP contribution in [0.5, 0.6) is 11.5 Å². The Kier molecular flexibility index (Phi) is 12.4. The molecule has 8 rings (SSSR count). The first-order valence-electron chi connectivity index (χ1n) is 21.6. The molecular formula is C45H57N9O8. The van der Waals surface area contributed by atoms with Crippen LogP contribution in [0.4, 0.5) is 10.5 Å².